The van der Waals surface area contributed by atoms with E-state index in [0.717, 1.165) is 17.2 Å². The number of hydrogen-bond acceptors (Lipinski definition) is 6. The summed E-state index contributed by atoms with van der Waals surface area (Å²) >= 11 is 0. The third-order valence-corrected chi connectivity index (χ3v) is 7.52. The summed E-state index contributed by atoms with van der Waals surface area (Å²) in [6.45, 7) is 7.78. The molecule has 0 bridgehead atoms. The van der Waals surface area contributed by atoms with Crippen LogP contribution in [-0.2, 0) is 40.6 Å². The van der Waals surface area contributed by atoms with Gasteiger partial charge in [-0.25, -0.2) is 4.79 Å². The molecule has 37 heavy (non-hydrogen) atoms. The fourth-order valence-electron chi connectivity index (χ4n) is 3.74. The second-order valence-electron chi connectivity index (χ2n) is 10.6. The molecule has 9 heteroatoms. The van der Waals surface area contributed by atoms with E-state index in [1.54, 1.807) is 0 Å². The highest BCUT2D eigenvalue weighted by molar-refractivity contribution is 6.76. The van der Waals surface area contributed by atoms with Crippen molar-refractivity contribution in [1.29, 1.82) is 0 Å². The van der Waals surface area contributed by atoms with Gasteiger partial charge >= 0.3 is 5.69 Å². The average molecular weight is 527 g/mol. The Bertz CT molecular complexity index is 1160. The van der Waals surface area contributed by atoms with Crippen molar-refractivity contribution in [2.75, 3.05) is 19.8 Å². The largest absolute Gasteiger partial charge is 0.385 e. The topological polar surface area (TPSA) is 103 Å². The lowest BCUT2D eigenvalue weighted by Crippen LogP contribution is -2.44. The zero-order chi connectivity index (χ0) is 26.7. The third-order valence-electron chi connectivity index (χ3n) is 5.81. The number of nitrogens with zero attached hydrogens (tertiary/aromatic N) is 1. The van der Waals surface area contributed by atoms with E-state index < -0.39 is 24.9 Å². The third kappa shape index (κ3) is 10.2. The minimum absolute atomic E-state index is 0.0126. The van der Waals surface area contributed by atoms with Crippen molar-refractivity contribution in [3.63, 3.8) is 0 Å². The van der Waals surface area contributed by atoms with Gasteiger partial charge in [-0.1, -0.05) is 80.3 Å². The van der Waals surface area contributed by atoms with Crippen molar-refractivity contribution in [3.05, 3.63) is 104 Å². The molecule has 0 saturated heterocycles. The molecule has 2 N–H and O–H groups in total. The summed E-state index contributed by atoms with van der Waals surface area (Å²) in [5.41, 5.74) is -0.290. The molecule has 0 unspecified atom stereocenters. The van der Waals surface area contributed by atoms with E-state index in [2.05, 4.69) is 24.6 Å². The van der Waals surface area contributed by atoms with Crippen LogP contribution in [0.5, 0.6) is 0 Å². The molecule has 0 saturated carbocycles. The van der Waals surface area contributed by atoms with Gasteiger partial charge in [0.1, 0.15) is 12.3 Å². The first-order valence-electron chi connectivity index (χ1n) is 12.5. The van der Waals surface area contributed by atoms with Gasteiger partial charge in [0.2, 0.25) is 0 Å². The number of aromatic amines is 1. The van der Waals surface area contributed by atoms with Crippen LogP contribution >= 0.6 is 0 Å². The van der Waals surface area contributed by atoms with Crippen LogP contribution < -0.4 is 11.2 Å². The van der Waals surface area contributed by atoms with E-state index in [4.69, 9.17) is 14.2 Å². The quantitative estimate of drug-likeness (QED) is 0.232. The number of nitrogens with one attached hydrogen (secondary N) is 1. The van der Waals surface area contributed by atoms with Crippen molar-refractivity contribution < 1.29 is 19.3 Å². The average Bonchev–Trinajstić information content (AvgIpc) is 2.83. The van der Waals surface area contributed by atoms with Crippen molar-refractivity contribution in [2.45, 2.75) is 57.7 Å². The molecule has 3 aromatic rings. The number of benzene rings is 2. The lowest BCUT2D eigenvalue weighted by molar-refractivity contribution is -0.103. The van der Waals surface area contributed by atoms with Crippen molar-refractivity contribution in [3.8, 4) is 0 Å². The standard InChI is InChI=1S/C28H38N2O6Si/c1-37(2,3)15-14-34-22-30-25(16-26(31)29-27(30)32)17-28(33,20-35-18-23-10-6-4-7-11-23)21-36-19-24-12-8-5-9-13-24/h4-13,16,33H,14-15,17-22H2,1-3H3,(H,29,31,32). The van der Waals surface area contributed by atoms with Gasteiger partial charge in [-0.3, -0.25) is 14.3 Å². The van der Waals surface area contributed by atoms with Gasteiger partial charge in [-0.2, -0.15) is 0 Å². The van der Waals surface area contributed by atoms with Crippen LogP contribution in [0.1, 0.15) is 16.8 Å². The van der Waals surface area contributed by atoms with E-state index in [-0.39, 0.29) is 26.4 Å². The Balaban J connectivity index is 1.74. The van der Waals surface area contributed by atoms with Crippen LogP contribution in [0, 0.1) is 0 Å². The number of ether oxygens (including phenoxy) is 3. The van der Waals surface area contributed by atoms with Crippen molar-refractivity contribution in [1.82, 2.24) is 9.55 Å². The maximum Gasteiger partial charge on any atom is 0.330 e. The van der Waals surface area contributed by atoms with Crippen molar-refractivity contribution >= 4 is 8.07 Å². The van der Waals surface area contributed by atoms with Gasteiger partial charge in [-0.15, -0.1) is 0 Å². The first-order chi connectivity index (χ1) is 17.6. The van der Waals surface area contributed by atoms with E-state index >= 15 is 0 Å². The van der Waals surface area contributed by atoms with Crippen LogP contribution in [0.25, 0.3) is 0 Å². The number of rotatable bonds is 15. The minimum atomic E-state index is -1.48. The molecule has 8 nitrogen and oxygen atoms in total. The van der Waals surface area contributed by atoms with Crippen LogP contribution in [0.2, 0.25) is 25.7 Å². The molecule has 0 radical (unpaired) electrons. The molecule has 200 valence electrons. The van der Waals surface area contributed by atoms with Gasteiger partial charge < -0.3 is 19.3 Å². The maximum absolute atomic E-state index is 12.6. The molecular formula is C28H38N2O6Si. The van der Waals surface area contributed by atoms with E-state index in [1.807, 2.05) is 60.7 Å². The number of H-pyrrole nitrogens is 1. The van der Waals surface area contributed by atoms with Crippen LogP contribution in [0.15, 0.2) is 76.3 Å². The minimum Gasteiger partial charge on any atom is -0.385 e. The maximum atomic E-state index is 12.6. The fraction of sp³-hybridized carbons (Fsp3) is 0.429. The Kier molecular flexibility index (Phi) is 10.6. The molecule has 3 rings (SSSR count). The Morgan fingerprint density at radius 3 is 1.92 bits per heavy atom. The Morgan fingerprint density at radius 2 is 1.41 bits per heavy atom. The van der Waals surface area contributed by atoms with Gasteiger partial charge in [0, 0.05) is 32.9 Å². The second-order valence-corrected chi connectivity index (χ2v) is 16.2. The van der Waals surface area contributed by atoms with Gasteiger partial charge in [0.05, 0.1) is 26.4 Å². The zero-order valence-corrected chi connectivity index (χ0v) is 22.9. The first-order valence-corrected chi connectivity index (χ1v) is 16.2. The summed E-state index contributed by atoms with van der Waals surface area (Å²) in [5, 5.41) is 11.6. The van der Waals surface area contributed by atoms with Crippen LogP contribution in [0.4, 0.5) is 0 Å². The monoisotopic (exact) mass is 526 g/mol. The van der Waals surface area contributed by atoms with E-state index in [9.17, 15) is 14.7 Å². The van der Waals surface area contributed by atoms with Crippen LogP contribution in [0.3, 0.4) is 0 Å². The molecule has 2 aromatic carbocycles. The summed E-state index contributed by atoms with van der Waals surface area (Å²) < 4.78 is 18.9. The molecular weight excluding hydrogens is 488 g/mol. The predicted octanol–water partition coefficient (Wildman–Crippen LogP) is 3.56. The Morgan fingerprint density at radius 1 is 0.865 bits per heavy atom. The lowest BCUT2D eigenvalue weighted by Gasteiger charge is -2.29. The highest BCUT2D eigenvalue weighted by atomic mass is 28.3. The summed E-state index contributed by atoms with van der Waals surface area (Å²) in [6.07, 6.45) is -0.0207. The zero-order valence-electron chi connectivity index (χ0n) is 21.9. The van der Waals surface area contributed by atoms with Crippen LogP contribution in [-0.4, -0.2) is 48.2 Å². The highest BCUT2D eigenvalue weighted by Crippen LogP contribution is 2.17. The predicted molar refractivity (Wildman–Crippen MR) is 146 cm³/mol. The molecule has 0 amide bonds. The van der Waals surface area contributed by atoms with E-state index in [0.29, 0.717) is 25.5 Å². The van der Waals surface area contributed by atoms with Gasteiger partial charge in [-0.05, 0) is 17.2 Å². The Hall–Kier alpha value is -2.82. The van der Waals surface area contributed by atoms with E-state index in [1.165, 1.54) is 10.6 Å². The highest BCUT2D eigenvalue weighted by Gasteiger charge is 2.30. The molecule has 1 heterocycles. The fourth-order valence-corrected chi connectivity index (χ4v) is 4.49. The molecule has 0 fully saturated rings. The Labute approximate surface area is 218 Å². The molecule has 0 aliphatic carbocycles. The molecule has 0 aliphatic heterocycles. The summed E-state index contributed by atoms with van der Waals surface area (Å²) in [7, 11) is -1.30. The lowest BCUT2D eigenvalue weighted by atomic mass is 9.99. The van der Waals surface area contributed by atoms with Gasteiger partial charge in [0.25, 0.3) is 5.56 Å². The van der Waals surface area contributed by atoms with Crippen molar-refractivity contribution in [2.24, 2.45) is 0 Å². The molecule has 0 atom stereocenters. The SMILES string of the molecule is C[Si](C)(C)CCOCn1c(CC(O)(COCc2ccccc2)COCc2ccccc2)cc(=O)[nH]c1=O. The summed E-state index contributed by atoms with van der Waals surface area (Å²) in [4.78, 5) is 27.1. The molecule has 0 aliphatic rings. The first kappa shape index (κ1) is 28.7. The number of aromatic nitrogens is 2. The molecule has 0 spiro atoms. The smallest absolute Gasteiger partial charge is 0.330 e. The second kappa shape index (κ2) is 13.6. The number of hydrogen-bond donors (Lipinski definition) is 2. The summed E-state index contributed by atoms with van der Waals surface area (Å²) in [5.74, 6) is 0. The normalized spacial score (nSPS) is 12.1. The van der Waals surface area contributed by atoms with Gasteiger partial charge in [0.15, 0.2) is 0 Å². The molecule has 1 aromatic heterocycles. The summed E-state index contributed by atoms with van der Waals surface area (Å²) in [6, 6.07) is 21.6. The number of aliphatic hydroxyl groups is 1.